The molecule has 2 aromatic rings. The molecule has 0 bridgehead atoms. The summed E-state index contributed by atoms with van der Waals surface area (Å²) >= 11 is 1.87. The molecular weight excluding hydrogens is 320 g/mol. The minimum atomic E-state index is 0.703. The van der Waals surface area contributed by atoms with E-state index in [4.69, 9.17) is 4.74 Å². The van der Waals surface area contributed by atoms with Crippen molar-refractivity contribution in [1.29, 1.82) is 0 Å². The maximum atomic E-state index is 5.40. The average Bonchev–Trinajstić information content (AvgIpc) is 2.60. The third-order valence-electron chi connectivity index (χ3n) is 4.98. The van der Waals surface area contributed by atoms with E-state index in [0.29, 0.717) is 5.88 Å². The van der Waals surface area contributed by atoms with Crippen molar-refractivity contribution >= 4 is 22.7 Å². The Labute approximate surface area is 147 Å². The van der Waals surface area contributed by atoms with Gasteiger partial charge in [0.15, 0.2) is 0 Å². The van der Waals surface area contributed by atoms with Gasteiger partial charge in [-0.25, -0.2) is 9.29 Å². The predicted octanol–water partition coefficient (Wildman–Crippen LogP) is 2.18. The molecule has 6 heteroatoms. The molecule has 4 rings (SSSR count). The molecule has 0 aliphatic carbocycles. The van der Waals surface area contributed by atoms with Crippen LogP contribution in [-0.4, -0.2) is 78.6 Å². The zero-order valence-corrected chi connectivity index (χ0v) is 15.1. The zero-order chi connectivity index (χ0) is 16.5. The molecule has 2 fully saturated rings. The molecule has 2 aliphatic heterocycles. The number of likely N-dealkylation sites (N-methyl/N-ethyl adjacent to an activating group) is 1. The number of benzene rings is 1. The average molecular weight is 344 g/mol. The summed E-state index contributed by atoms with van der Waals surface area (Å²) in [4.78, 5) is 10.6. The van der Waals surface area contributed by atoms with Crippen LogP contribution in [0.3, 0.4) is 0 Å². The minimum Gasteiger partial charge on any atom is -0.481 e. The van der Waals surface area contributed by atoms with Gasteiger partial charge in [0.2, 0.25) is 5.88 Å². The lowest BCUT2D eigenvalue weighted by Crippen LogP contribution is -2.61. The molecule has 2 saturated heterocycles. The number of piperazine rings is 1. The molecule has 0 saturated carbocycles. The Morgan fingerprint density at radius 2 is 1.88 bits per heavy atom. The number of pyridine rings is 1. The Morgan fingerprint density at radius 1 is 1.08 bits per heavy atom. The van der Waals surface area contributed by atoms with Crippen LogP contribution >= 0.6 is 11.9 Å². The van der Waals surface area contributed by atoms with Crippen molar-refractivity contribution in [2.45, 2.75) is 10.9 Å². The molecule has 0 radical (unpaired) electrons. The first-order valence-electron chi connectivity index (χ1n) is 8.52. The van der Waals surface area contributed by atoms with E-state index in [1.165, 1.54) is 36.5 Å². The van der Waals surface area contributed by atoms with Crippen molar-refractivity contribution in [2.24, 2.45) is 0 Å². The fraction of sp³-hybridized carbons (Fsp3) is 0.500. The maximum absolute atomic E-state index is 5.40. The van der Waals surface area contributed by atoms with Crippen molar-refractivity contribution in [3.8, 4) is 5.88 Å². The van der Waals surface area contributed by atoms with E-state index in [-0.39, 0.29) is 0 Å². The number of fused-ring (bicyclic) bond motifs is 1. The van der Waals surface area contributed by atoms with Crippen LogP contribution in [0.25, 0.3) is 10.8 Å². The number of hydrogen-bond acceptors (Lipinski definition) is 6. The Balaban J connectivity index is 1.44. The molecule has 1 aromatic carbocycles. The predicted molar refractivity (Wildman–Crippen MR) is 98.6 cm³/mol. The van der Waals surface area contributed by atoms with Crippen LogP contribution in [-0.2, 0) is 0 Å². The quantitative estimate of drug-likeness (QED) is 0.791. The topological polar surface area (TPSA) is 31.8 Å². The SMILES string of the molecule is COc1nccc2c(SN3CCN(C4CN(C)C4)CC3)cccc12. The molecular formula is C18H24N4OS. The number of methoxy groups -OCH3 is 1. The summed E-state index contributed by atoms with van der Waals surface area (Å²) in [6, 6.07) is 9.22. The normalized spacial score (nSPS) is 21.1. The summed E-state index contributed by atoms with van der Waals surface area (Å²) < 4.78 is 7.88. The fourth-order valence-corrected chi connectivity index (χ4v) is 4.63. The highest BCUT2D eigenvalue weighted by molar-refractivity contribution is 7.97. The molecule has 3 heterocycles. The smallest absolute Gasteiger partial charge is 0.221 e. The van der Waals surface area contributed by atoms with E-state index in [2.05, 4.69) is 50.4 Å². The fourth-order valence-electron chi connectivity index (χ4n) is 3.59. The van der Waals surface area contributed by atoms with Gasteiger partial charge >= 0.3 is 0 Å². The van der Waals surface area contributed by atoms with Gasteiger partial charge in [-0.3, -0.25) is 4.90 Å². The lowest BCUT2D eigenvalue weighted by atomic mass is 10.1. The molecule has 1 aromatic heterocycles. The van der Waals surface area contributed by atoms with Crippen LogP contribution in [0.15, 0.2) is 35.4 Å². The van der Waals surface area contributed by atoms with Gasteiger partial charge in [-0.15, -0.1) is 0 Å². The molecule has 128 valence electrons. The molecule has 0 amide bonds. The summed E-state index contributed by atoms with van der Waals surface area (Å²) in [5.74, 6) is 0.703. The van der Waals surface area contributed by atoms with Gasteiger partial charge in [0.05, 0.1) is 7.11 Å². The Bertz CT molecular complexity index is 711. The van der Waals surface area contributed by atoms with Gasteiger partial charge in [0.25, 0.3) is 0 Å². The molecule has 0 spiro atoms. The number of hydrogen-bond donors (Lipinski definition) is 0. The summed E-state index contributed by atoms with van der Waals surface area (Å²) in [6.07, 6.45) is 1.83. The largest absolute Gasteiger partial charge is 0.481 e. The zero-order valence-electron chi connectivity index (χ0n) is 14.3. The van der Waals surface area contributed by atoms with E-state index in [1.807, 2.05) is 18.1 Å². The van der Waals surface area contributed by atoms with E-state index < -0.39 is 0 Å². The number of nitrogens with zero attached hydrogens (tertiary/aromatic N) is 4. The lowest BCUT2D eigenvalue weighted by molar-refractivity contribution is 0.0339. The second-order valence-electron chi connectivity index (χ2n) is 6.60. The van der Waals surface area contributed by atoms with Crippen LogP contribution in [0.5, 0.6) is 5.88 Å². The van der Waals surface area contributed by atoms with Gasteiger partial charge in [0.1, 0.15) is 0 Å². The lowest BCUT2D eigenvalue weighted by Gasteiger charge is -2.46. The van der Waals surface area contributed by atoms with Crippen LogP contribution in [0.4, 0.5) is 0 Å². The molecule has 0 atom stereocenters. The standard InChI is InChI=1S/C18H24N4OS/c1-20-12-14(13-20)21-8-10-22(11-9-21)24-17-5-3-4-16-15(17)6-7-19-18(16)23-2/h3-7,14H,8-13H2,1-2H3. The van der Waals surface area contributed by atoms with Crippen molar-refractivity contribution in [2.75, 3.05) is 53.4 Å². The van der Waals surface area contributed by atoms with Gasteiger partial charge in [-0.2, -0.15) is 0 Å². The number of rotatable bonds is 4. The number of ether oxygens (including phenoxy) is 1. The minimum absolute atomic E-state index is 0.703. The third-order valence-corrected chi connectivity index (χ3v) is 6.16. The monoisotopic (exact) mass is 344 g/mol. The molecule has 24 heavy (non-hydrogen) atoms. The van der Waals surface area contributed by atoms with Gasteiger partial charge < -0.3 is 9.64 Å². The van der Waals surface area contributed by atoms with Crippen LogP contribution in [0, 0.1) is 0 Å². The second kappa shape index (κ2) is 6.88. The molecule has 0 N–H and O–H groups in total. The Hall–Kier alpha value is -1.34. The highest BCUT2D eigenvalue weighted by atomic mass is 32.2. The van der Waals surface area contributed by atoms with Crippen molar-refractivity contribution in [3.05, 3.63) is 30.5 Å². The van der Waals surface area contributed by atoms with Crippen LogP contribution in [0.1, 0.15) is 0 Å². The van der Waals surface area contributed by atoms with Gasteiger partial charge in [0, 0.05) is 67.2 Å². The first kappa shape index (κ1) is 16.1. The summed E-state index contributed by atoms with van der Waals surface area (Å²) in [5.41, 5.74) is 0. The summed E-state index contributed by atoms with van der Waals surface area (Å²) in [7, 11) is 3.88. The van der Waals surface area contributed by atoms with E-state index in [0.717, 1.165) is 24.5 Å². The molecule has 2 aliphatic rings. The first-order valence-corrected chi connectivity index (χ1v) is 9.29. The van der Waals surface area contributed by atoms with E-state index in [1.54, 1.807) is 7.11 Å². The van der Waals surface area contributed by atoms with E-state index >= 15 is 0 Å². The number of likely N-dealkylation sites (tertiary alicyclic amines) is 1. The van der Waals surface area contributed by atoms with Gasteiger partial charge in [-0.1, -0.05) is 6.07 Å². The van der Waals surface area contributed by atoms with Crippen LogP contribution < -0.4 is 4.74 Å². The second-order valence-corrected chi connectivity index (χ2v) is 7.74. The van der Waals surface area contributed by atoms with Crippen LogP contribution in [0.2, 0.25) is 0 Å². The highest BCUT2D eigenvalue weighted by Gasteiger charge is 2.31. The highest BCUT2D eigenvalue weighted by Crippen LogP contribution is 2.34. The van der Waals surface area contributed by atoms with Crippen molar-refractivity contribution < 1.29 is 4.74 Å². The Morgan fingerprint density at radius 3 is 2.58 bits per heavy atom. The van der Waals surface area contributed by atoms with Crippen molar-refractivity contribution in [3.63, 3.8) is 0 Å². The van der Waals surface area contributed by atoms with Crippen molar-refractivity contribution in [1.82, 2.24) is 19.1 Å². The summed E-state index contributed by atoms with van der Waals surface area (Å²) in [6.45, 7) is 7.02. The Kier molecular flexibility index (Phi) is 4.63. The molecule has 0 unspecified atom stereocenters. The third kappa shape index (κ3) is 3.11. The summed E-state index contributed by atoms with van der Waals surface area (Å²) in [5, 5.41) is 2.30. The first-order chi connectivity index (χ1) is 11.7. The van der Waals surface area contributed by atoms with Gasteiger partial charge in [-0.05, 0) is 37.2 Å². The number of aromatic nitrogens is 1. The maximum Gasteiger partial charge on any atom is 0.221 e. The molecule has 5 nitrogen and oxygen atoms in total. The van der Waals surface area contributed by atoms with E-state index in [9.17, 15) is 0 Å².